The van der Waals surface area contributed by atoms with Gasteiger partial charge in [0.05, 0.1) is 0 Å². The first kappa shape index (κ1) is 46.4. The molecule has 0 fully saturated rings. The van der Waals surface area contributed by atoms with Crippen LogP contribution >= 0.6 is 0 Å². The van der Waals surface area contributed by atoms with E-state index in [2.05, 4.69) is 25.7 Å². The van der Waals surface area contributed by atoms with Crippen LogP contribution < -0.4 is 0 Å². The number of aliphatic hydroxyl groups is 1. The molecule has 0 rings (SSSR count). The van der Waals surface area contributed by atoms with Gasteiger partial charge >= 0.3 is 24.2 Å². The molecule has 0 heterocycles. The lowest BCUT2D eigenvalue weighted by molar-refractivity contribution is -0.138. The summed E-state index contributed by atoms with van der Waals surface area (Å²) in [6.45, 7) is 10.4. The maximum Gasteiger partial charge on any atom is 0.508 e. The number of likely N-dealkylation sites (N-methyl/N-ethyl adjacent to an activating group) is 1. The van der Waals surface area contributed by atoms with Crippen LogP contribution in [0.1, 0.15) is 136 Å². The minimum Gasteiger partial charge on any atom is -0.481 e. The van der Waals surface area contributed by atoms with E-state index in [4.69, 9.17) is 34.3 Å². The Morgan fingerprint density at radius 1 is 0.531 bits per heavy atom. The number of carboxylic acid groups (broad SMARTS) is 2. The molecule has 0 aliphatic carbocycles. The molecular weight excluding hydrogens is 636 g/mol. The van der Waals surface area contributed by atoms with Gasteiger partial charge in [0.1, 0.15) is 25.4 Å². The number of carbonyl (C=O) groups excluding carboxylic acids is 2. The van der Waals surface area contributed by atoms with Crippen LogP contribution in [0.5, 0.6) is 0 Å². The maximum atomic E-state index is 12.6. The largest absolute Gasteiger partial charge is 0.508 e. The van der Waals surface area contributed by atoms with E-state index in [-0.39, 0.29) is 32.7 Å². The normalized spacial score (nSPS) is 12.5. The fourth-order valence-corrected chi connectivity index (χ4v) is 5.43. The van der Waals surface area contributed by atoms with Gasteiger partial charge in [0.15, 0.2) is 0 Å². The maximum absolute atomic E-state index is 12.6. The minimum absolute atomic E-state index is 0.0214. The SMILES string of the molecule is CCCCCCC(CCCC(=O)O)OC(=O)OCCN(CCOC(=O)OC(CCCCCC)CCCC(=O)O)CCN(CC)CCCCO. The number of ether oxygens (including phenoxy) is 4. The molecule has 0 amide bonds. The number of aliphatic hydroxyl groups excluding tert-OH is 1. The summed E-state index contributed by atoms with van der Waals surface area (Å²) in [7, 11) is 0. The molecule has 49 heavy (non-hydrogen) atoms. The van der Waals surface area contributed by atoms with Gasteiger partial charge in [-0.25, -0.2) is 9.59 Å². The molecule has 0 aliphatic heterocycles. The summed E-state index contributed by atoms with van der Waals surface area (Å²) >= 11 is 0. The van der Waals surface area contributed by atoms with Crippen molar-refractivity contribution in [2.75, 3.05) is 59.1 Å². The van der Waals surface area contributed by atoms with Crippen molar-refractivity contribution in [1.82, 2.24) is 9.80 Å². The Kier molecular flexibility index (Phi) is 30.8. The molecule has 0 saturated heterocycles. The predicted octanol–water partition coefficient (Wildman–Crippen LogP) is 6.88. The van der Waals surface area contributed by atoms with Crippen LogP contribution in [0.25, 0.3) is 0 Å². The Bertz CT molecular complexity index is 790. The molecule has 2 unspecified atom stereocenters. The standard InChI is InChI=1S/C36H68N2O11/c1-4-7-9-11-17-31(19-15-21-33(40)41)48-35(44)46-29-26-38(25-24-37(6-3)23-13-14-28-39)27-30-47-36(45)49-32(18-12-10-8-5-2)20-16-22-34(42)43/h31-32,39H,4-30H2,1-3H3,(H,40,41)(H,42,43). The van der Waals surface area contributed by atoms with Gasteiger partial charge in [0, 0.05) is 45.6 Å². The summed E-state index contributed by atoms with van der Waals surface area (Å²) in [6, 6.07) is 0. The van der Waals surface area contributed by atoms with Gasteiger partial charge in [-0.15, -0.1) is 0 Å². The second kappa shape index (κ2) is 32.6. The number of unbranched alkanes of at least 4 members (excludes halogenated alkanes) is 7. The average Bonchev–Trinajstić information content (AvgIpc) is 3.05. The van der Waals surface area contributed by atoms with Gasteiger partial charge in [0.25, 0.3) is 0 Å². The number of hydrogen-bond acceptors (Lipinski definition) is 11. The lowest BCUT2D eigenvalue weighted by atomic mass is 10.0. The molecule has 13 nitrogen and oxygen atoms in total. The first-order valence-corrected chi connectivity index (χ1v) is 18.8. The summed E-state index contributed by atoms with van der Waals surface area (Å²) in [5.41, 5.74) is 0. The van der Waals surface area contributed by atoms with Crippen LogP contribution in [0.15, 0.2) is 0 Å². The molecular formula is C36H68N2O11. The summed E-state index contributed by atoms with van der Waals surface area (Å²) < 4.78 is 22.0. The molecule has 2 atom stereocenters. The molecule has 0 aliphatic rings. The highest BCUT2D eigenvalue weighted by atomic mass is 16.7. The van der Waals surface area contributed by atoms with Crippen LogP contribution in [-0.2, 0) is 28.5 Å². The summed E-state index contributed by atoms with van der Waals surface area (Å²) in [5, 5.41) is 27.1. The van der Waals surface area contributed by atoms with Crippen molar-refractivity contribution in [2.45, 2.75) is 149 Å². The van der Waals surface area contributed by atoms with Gasteiger partial charge in [-0.1, -0.05) is 59.3 Å². The van der Waals surface area contributed by atoms with Crippen LogP contribution in [0.4, 0.5) is 9.59 Å². The highest BCUT2D eigenvalue weighted by Gasteiger charge is 2.19. The van der Waals surface area contributed by atoms with Gasteiger partial charge in [-0.2, -0.15) is 0 Å². The van der Waals surface area contributed by atoms with Crippen molar-refractivity contribution in [3.63, 3.8) is 0 Å². The Hall–Kier alpha value is -2.64. The molecule has 0 aromatic rings. The third-order valence-corrected chi connectivity index (χ3v) is 8.44. The lowest BCUT2D eigenvalue weighted by Gasteiger charge is -2.27. The fraction of sp³-hybridized carbons (Fsp3) is 0.889. The quantitative estimate of drug-likeness (QED) is 0.0468. The van der Waals surface area contributed by atoms with Crippen LogP contribution in [0.3, 0.4) is 0 Å². The second-order valence-electron chi connectivity index (χ2n) is 12.7. The molecule has 3 N–H and O–H groups in total. The molecule has 288 valence electrons. The third kappa shape index (κ3) is 30.0. The minimum atomic E-state index is -0.877. The summed E-state index contributed by atoms with van der Waals surface area (Å²) in [5.74, 6) is -1.75. The molecule has 0 spiro atoms. The fourth-order valence-electron chi connectivity index (χ4n) is 5.43. The van der Waals surface area contributed by atoms with E-state index < -0.39 is 36.5 Å². The molecule has 0 aromatic carbocycles. The number of rotatable bonds is 34. The topological polar surface area (TPSA) is 172 Å². The zero-order valence-corrected chi connectivity index (χ0v) is 30.7. The van der Waals surface area contributed by atoms with E-state index >= 15 is 0 Å². The van der Waals surface area contributed by atoms with Crippen LogP contribution in [-0.4, -0.2) is 121 Å². The average molecular weight is 705 g/mol. The first-order chi connectivity index (χ1) is 23.6. The second-order valence-corrected chi connectivity index (χ2v) is 12.7. The van der Waals surface area contributed by atoms with E-state index in [1.54, 1.807) is 0 Å². The number of nitrogens with zero attached hydrogens (tertiary/aromatic N) is 2. The van der Waals surface area contributed by atoms with Crippen molar-refractivity contribution in [1.29, 1.82) is 0 Å². The smallest absolute Gasteiger partial charge is 0.481 e. The zero-order valence-electron chi connectivity index (χ0n) is 30.7. The molecule has 0 saturated carbocycles. The molecule has 0 bridgehead atoms. The number of hydrogen-bond donors (Lipinski definition) is 3. The van der Waals surface area contributed by atoms with Gasteiger partial charge in [-0.05, 0) is 77.3 Å². The van der Waals surface area contributed by atoms with E-state index in [1.807, 2.05) is 4.90 Å². The van der Waals surface area contributed by atoms with E-state index in [0.717, 1.165) is 83.8 Å². The summed E-state index contributed by atoms with van der Waals surface area (Å²) in [4.78, 5) is 51.4. The Morgan fingerprint density at radius 2 is 0.980 bits per heavy atom. The highest BCUT2D eigenvalue weighted by molar-refractivity contribution is 5.67. The first-order valence-electron chi connectivity index (χ1n) is 18.8. The Balaban J connectivity index is 5.10. The monoisotopic (exact) mass is 704 g/mol. The number of aliphatic carboxylic acids is 2. The van der Waals surface area contributed by atoms with E-state index in [1.165, 1.54) is 0 Å². The molecule has 0 aromatic heterocycles. The van der Waals surface area contributed by atoms with Gasteiger partial charge in [-0.3, -0.25) is 14.5 Å². The van der Waals surface area contributed by atoms with Gasteiger partial charge in [0.2, 0.25) is 0 Å². The molecule has 0 radical (unpaired) electrons. The zero-order chi connectivity index (χ0) is 36.5. The lowest BCUT2D eigenvalue weighted by Crippen LogP contribution is -2.39. The van der Waals surface area contributed by atoms with Crippen LogP contribution in [0.2, 0.25) is 0 Å². The number of carboxylic acids is 2. The predicted molar refractivity (Wildman–Crippen MR) is 188 cm³/mol. The van der Waals surface area contributed by atoms with Gasteiger partial charge < -0.3 is 39.2 Å². The van der Waals surface area contributed by atoms with Crippen molar-refractivity contribution < 1.29 is 53.4 Å². The Labute approximate surface area is 295 Å². The molecule has 13 heteroatoms. The Morgan fingerprint density at radius 3 is 1.39 bits per heavy atom. The van der Waals surface area contributed by atoms with Crippen molar-refractivity contribution in [2.24, 2.45) is 0 Å². The number of carbonyl (C=O) groups is 4. The third-order valence-electron chi connectivity index (χ3n) is 8.44. The van der Waals surface area contributed by atoms with Crippen LogP contribution in [0, 0.1) is 0 Å². The summed E-state index contributed by atoms with van der Waals surface area (Å²) in [6.07, 6.45) is 10.6. The van der Waals surface area contributed by atoms with Crippen molar-refractivity contribution >= 4 is 24.2 Å². The van der Waals surface area contributed by atoms with E-state index in [9.17, 15) is 19.2 Å². The van der Waals surface area contributed by atoms with E-state index in [0.29, 0.717) is 58.2 Å². The van der Waals surface area contributed by atoms with Crippen molar-refractivity contribution in [3.8, 4) is 0 Å². The van der Waals surface area contributed by atoms with Crippen molar-refractivity contribution in [3.05, 3.63) is 0 Å². The highest BCUT2D eigenvalue weighted by Crippen LogP contribution is 2.16.